The van der Waals surface area contributed by atoms with Gasteiger partial charge in [0.05, 0.1) is 0 Å². The molecule has 2 aromatic heterocycles. The van der Waals surface area contributed by atoms with Crippen molar-refractivity contribution in [2.24, 2.45) is 0 Å². The molecule has 0 aliphatic carbocycles. The zero-order chi connectivity index (χ0) is 19.1. The van der Waals surface area contributed by atoms with E-state index < -0.39 is 0 Å². The molecule has 3 aliphatic rings. The topological polar surface area (TPSA) is 69.9 Å². The molecule has 1 atom stereocenters. The number of anilines is 1. The maximum atomic E-state index is 11.8. The van der Waals surface area contributed by atoms with E-state index >= 15 is 0 Å². The zero-order valence-electron chi connectivity index (χ0n) is 16.6. The van der Waals surface area contributed by atoms with Gasteiger partial charge < -0.3 is 14.7 Å². The Bertz CT molecular complexity index is 853. The minimum absolute atomic E-state index is 0.219. The van der Waals surface area contributed by atoms with Crippen molar-refractivity contribution >= 4 is 17.4 Å². The van der Waals surface area contributed by atoms with Crippen LogP contribution in [0.5, 0.6) is 0 Å². The summed E-state index contributed by atoms with van der Waals surface area (Å²) in [6.45, 7) is 7.90. The summed E-state index contributed by atoms with van der Waals surface area (Å²) < 4.78 is 1.96. The molecule has 0 aromatic carbocycles. The van der Waals surface area contributed by atoms with E-state index in [-0.39, 0.29) is 5.91 Å². The lowest BCUT2D eigenvalue weighted by Gasteiger charge is -2.35. The average molecular weight is 384 g/mol. The first-order chi connectivity index (χ1) is 13.7. The van der Waals surface area contributed by atoms with Crippen LogP contribution in [-0.4, -0.2) is 80.8 Å². The second kappa shape index (κ2) is 7.31. The Labute approximate surface area is 165 Å². The molecule has 0 saturated carbocycles. The van der Waals surface area contributed by atoms with Gasteiger partial charge in [0.2, 0.25) is 5.91 Å². The van der Waals surface area contributed by atoms with E-state index in [4.69, 9.17) is 5.10 Å². The van der Waals surface area contributed by atoms with Crippen LogP contribution in [0.1, 0.15) is 50.8 Å². The maximum Gasteiger partial charge on any atom is 0.219 e. The molecule has 5 rings (SSSR count). The number of hydrogen-bond donors (Lipinski definition) is 0. The predicted molar refractivity (Wildman–Crippen MR) is 106 cm³/mol. The Morgan fingerprint density at radius 3 is 2.57 bits per heavy atom. The van der Waals surface area contributed by atoms with Gasteiger partial charge in [0.15, 0.2) is 11.5 Å². The van der Waals surface area contributed by atoms with E-state index in [0.717, 1.165) is 82.2 Å². The number of nitrogens with zero attached hydrogens (tertiary/aromatic N) is 7. The van der Waals surface area contributed by atoms with Crippen molar-refractivity contribution in [3.63, 3.8) is 0 Å². The second-order valence-corrected chi connectivity index (χ2v) is 8.44. The van der Waals surface area contributed by atoms with Crippen LogP contribution in [0.4, 0.5) is 5.82 Å². The number of piperidine rings is 1. The SMILES string of the molecule is CC(=O)N1CCCC1CN1CCC(c2nnc3ccc(N4CCC4)nn23)CC1. The molecule has 3 saturated heterocycles. The molecule has 3 aliphatic heterocycles. The third-order valence-corrected chi connectivity index (χ3v) is 6.66. The maximum absolute atomic E-state index is 11.8. The lowest BCUT2D eigenvalue weighted by atomic mass is 9.95. The average Bonchev–Trinajstić information content (AvgIpc) is 3.28. The van der Waals surface area contributed by atoms with E-state index in [9.17, 15) is 4.79 Å². The van der Waals surface area contributed by atoms with Crippen LogP contribution in [0, 0.1) is 0 Å². The molecule has 150 valence electrons. The van der Waals surface area contributed by atoms with Gasteiger partial charge in [0, 0.05) is 45.1 Å². The summed E-state index contributed by atoms with van der Waals surface area (Å²) in [6, 6.07) is 4.48. The van der Waals surface area contributed by atoms with Crippen LogP contribution in [0.25, 0.3) is 5.65 Å². The molecular formula is C20H29N7O. The van der Waals surface area contributed by atoms with E-state index in [2.05, 4.69) is 31.0 Å². The lowest BCUT2D eigenvalue weighted by Crippen LogP contribution is -2.45. The third-order valence-electron chi connectivity index (χ3n) is 6.66. The van der Waals surface area contributed by atoms with Gasteiger partial charge in [-0.15, -0.1) is 15.3 Å². The van der Waals surface area contributed by atoms with Crippen LogP contribution in [0.2, 0.25) is 0 Å². The first-order valence-corrected chi connectivity index (χ1v) is 10.7. The molecule has 1 amide bonds. The van der Waals surface area contributed by atoms with Gasteiger partial charge in [-0.1, -0.05) is 0 Å². The fourth-order valence-electron chi connectivity index (χ4n) is 4.88. The first-order valence-electron chi connectivity index (χ1n) is 10.7. The quantitative estimate of drug-likeness (QED) is 0.797. The van der Waals surface area contributed by atoms with Gasteiger partial charge >= 0.3 is 0 Å². The Morgan fingerprint density at radius 1 is 1.04 bits per heavy atom. The predicted octanol–water partition coefficient (Wildman–Crippen LogP) is 1.52. The molecule has 8 heteroatoms. The van der Waals surface area contributed by atoms with E-state index in [1.165, 1.54) is 6.42 Å². The highest BCUT2D eigenvalue weighted by Crippen LogP contribution is 2.29. The van der Waals surface area contributed by atoms with Gasteiger partial charge in [-0.3, -0.25) is 4.79 Å². The van der Waals surface area contributed by atoms with Gasteiger partial charge in [-0.05, 0) is 57.3 Å². The number of amides is 1. The molecule has 2 aromatic rings. The first kappa shape index (κ1) is 17.8. The second-order valence-electron chi connectivity index (χ2n) is 8.44. The third kappa shape index (κ3) is 3.23. The van der Waals surface area contributed by atoms with Crippen molar-refractivity contribution in [3.05, 3.63) is 18.0 Å². The van der Waals surface area contributed by atoms with Crippen molar-refractivity contribution in [1.29, 1.82) is 0 Å². The molecule has 5 heterocycles. The summed E-state index contributed by atoms with van der Waals surface area (Å²) in [5.74, 6) is 2.65. The number of aromatic nitrogens is 4. The van der Waals surface area contributed by atoms with E-state index in [0.29, 0.717) is 12.0 Å². The van der Waals surface area contributed by atoms with Crippen molar-refractivity contribution in [2.75, 3.05) is 44.2 Å². The molecule has 8 nitrogen and oxygen atoms in total. The Kier molecular flexibility index (Phi) is 4.66. The minimum atomic E-state index is 0.219. The highest BCUT2D eigenvalue weighted by atomic mass is 16.2. The van der Waals surface area contributed by atoms with Crippen molar-refractivity contribution in [2.45, 2.75) is 51.0 Å². The van der Waals surface area contributed by atoms with Crippen LogP contribution >= 0.6 is 0 Å². The normalized spacial score (nSPS) is 24.1. The molecule has 28 heavy (non-hydrogen) atoms. The highest BCUT2D eigenvalue weighted by molar-refractivity contribution is 5.73. The summed E-state index contributed by atoms with van der Waals surface area (Å²) >= 11 is 0. The number of carbonyl (C=O) groups excluding carboxylic acids is 1. The molecule has 0 spiro atoms. The molecule has 0 bridgehead atoms. The molecule has 0 N–H and O–H groups in total. The number of rotatable bonds is 4. The minimum Gasteiger partial charge on any atom is -0.355 e. The van der Waals surface area contributed by atoms with Crippen LogP contribution in [0.15, 0.2) is 12.1 Å². The Hall–Kier alpha value is -2.22. The number of fused-ring (bicyclic) bond motifs is 1. The zero-order valence-corrected chi connectivity index (χ0v) is 16.6. The fraction of sp³-hybridized carbons (Fsp3) is 0.700. The molecule has 0 radical (unpaired) electrons. The lowest BCUT2D eigenvalue weighted by molar-refractivity contribution is -0.130. The monoisotopic (exact) mass is 383 g/mol. The van der Waals surface area contributed by atoms with Gasteiger partial charge in [0.25, 0.3) is 0 Å². The summed E-state index contributed by atoms with van der Waals surface area (Å²) in [5, 5.41) is 13.7. The van der Waals surface area contributed by atoms with Gasteiger partial charge in [-0.25, -0.2) is 0 Å². The van der Waals surface area contributed by atoms with Crippen molar-refractivity contribution in [1.82, 2.24) is 29.6 Å². The van der Waals surface area contributed by atoms with Crippen LogP contribution < -0.4 is 4.90 Å². The highest BCUT2D eigenvalue weighted by Gasteiger charge is 2.31. The largest absolute Gasteiger partial charge is 0.355 e. The van der Waals surface area contributed by atoms with E-state index in [1.807, 2.05) is 10.6 Å². The summed E-state index contributed by atoms with van der Waals surface area (Å²) in [7, 11) is 0. The number of likely N-dealkylation sites (tertiary alicyclic amines) is 2. The Balaban J connectivity index is 1.25. The number of hydrogen-bond acceptors (Lipinski definition) is 6. The summed E-state index contributed by atoms with van der Waals surface area (Å²) in [4.78, 5) is 18.7. The van der Waals surface area contributed by atoms with Crippen molar-refractivity contribution in [3.8, 4) is 0 Å². The van der Waals surface area contributed by atoms with Gasteiger partial charge in [0.1, 0.15) is 5.82 Å². The summed E-state index contributed by atoms with van der Waals surface area (Å²) in [5.41, 5.74) is 0.838. The van der Waals surface area contributed by atoms with Gasteiger partial charge in [-0.2, -0.15) is 4.52 Å². The molecule has 3 fully saturated rings. The molecular weight excluding hydrogens is 354 g/mol. The smallest absolute Gasteiger partial charge is 0.219 e. The van der Waals surface area contributed by atoms with Crippen LogP contribution in [0.3, 0.4) is 0 Å². The van der Waals surface area contributed by atoms with E-state index in [1.54, 1.807) is 6.92 Å². The fourth-order valence-corrected chi connectivity index (χ4v) is 4.88. The standard InChI is InChI=1S/C20H29N7O/c1-15(28)26-11-2-4-17(26)14-24-12-7-16(8-13-24)20-22-21-18-5-6-19(23-27(18)20)25-9-3-10-25/h5-6,16-17H,2-4,7-14H2,1H3. The molecule has 1 unspecified atom stereocenters. The summed E-state index contributed by atoms with van der Waals surface area (Å²) in [6.07, 6.45) is 5.66. The Morgan fingerprint density at radius 2 is 1.86 bits per heavy atom. The van der Waals surface area contributed by atoms with Crippen molar-refractivity contribution < 1.29 is 4.79 Å². The van der Waals surface area contributed by atoms with Crippen LogP contribution in [-0.2, 0) is 4.79 Å². The number of carbonyl (C=O) groups is 1.